The van der Waals surface area contributed by atoms with Gasteiger partial charge in [-0.15, -0.1) is 0 Å². The maximum Gasteiger partial charge on any atom is 0.209 e. The fourth-order valence-electron chi connectivity index (χ4n) is 2.42. The molecular weight excluding hydrogens is 250 g/mol. The maximum atomic E-state index is 11.1. The summed E-state index contributed by atoms with van der Waals surface area (Å²) in [6, 6.07) is 0. The zero-order chi connectivity index (χ0) is 13.8. The summed E-state index contributed by atoms with van der Waals surface area (Å²) in [5.41, 5.74) is 0.435. The second-order valence-corrected chi connectivity index (χ2v) is 7.96. The summed E-state index contributed by atoms with van der Waals surface area (Å²) in [6.45, 7) is 7.07. The lowest BCUT2D eigenvalue weighted by molar-refractivity contribution is -0.00975. The molecule has 0 spiro atoms. The Hall–Kier alpha value is -0.130. The molecule has 2 N–H and O–H groups in total. The van der Waals surface area contributed by atoms with Crippen molar-refractivity contribution >= 4 is 10.0 Å². The van der Waals surface area contributed by atoms with Gasteiger partial charge in [0.2, 0.25) is 10.0 Å². The molecule has 1 rings (SSSR count). The van der Waals surface area contributed by atoms with Crippen molar-refractivity contribution in [3.05, 3.63) is 0 Å². The van der Waals surface area contributed by atoms with Gasteiger partial charge in [-0.05, 0) is 37.0 Å². The summed E-state index contributed by atoms with van der Waals surface area (Å²) in [6.07, 6.45) is 5.62. The summed E-state index contributed by atoms with van der Waals surface area (Å²) >= 11 is 0. The van der Waals surface area contributed by atoms with E-state index in [1.54, 1.807) is 0 Å². The third kappa shape index (κ3) is 6.16. The smallest absolute Gasteiger partial charge is 0.209 e. The fraction of sp³-hybridized carbons (Fsp3) is 1.00. The molecule has 0 aromatic heterocycles. The van der Waals surface area contributed by atoms with Crippen molar-refractivity contribution in [2.75, 3.05) is 12.4 Å². The molecule has 0 aromatic carbocycles. The molecule has 18 heavy (non-hydrogen) atoms. The first-order valence-electron chi connectivity index (χ1n) is 6.84. The van der Waals surface area contributed by atoms with Crippen molar-refractivity contribution in [2.24, 2.45) is 16.5 Å². The highest BCUT2D eigenvalue weighted by Crippen LogP contribution is 2.36. The van der Waals surface area contributed by atoms with Crippen molar-refractivity contribution in [1.29, 1.82) is 0 Å². The molecule has 108 valence electrons. The van der Waals surface area contributed by atoms with E-state index >= 15 is 0 Å². The Labute approximate surface area is 111 Å². The lowest BCUT2D eigenvalue weighted by Gasteiger charge is -2.34. The predicted molar refractivity (Wildman–Crippen MR) is 73.7 cm³/mol. The van der Waals surface area contributed by atoms with E-state index in [1.807, 2.05) is 6.92 Å². The zero-order valence-electron chi connectivity index (χ0n) is 11.8. The van der Waals surface area contributed by atoms with Crippen LogP contribution in [0, 0.1) is 11.3 Å². The van der Waals surface area contributed by atoms with Crippen LogP contribution in [0.25, 0.3) is 0 Å². The van der Waals surface area contributed by atoms with Crippen LogP contribution in [0.4, 0.5) is 0 Å². The lowest BCUT2D eigenvalue weighted by atomic mass is 9.76. The summed E-state index contributed by atoms with van der Waals surface area (Å²) in [4.78, 5) is 0. The Morgan fingerprint density at radius 1 is 1.33 bits per heavy atom. The average molecular weight is 277 g/mol. The summed E-state index contributed by atoms with van der Waals surface area (Å²) in [7, 11) is -3.39. The Kier molecular flexibility index (Phi) is 5.62. The van der Waals surface area contributed by atoms with Gasteiger partial charge in [0.15, 0.2) is 0 Å². The number of rotatable bonds is 6. The van der Waals surface area contributed by atoms with Gasteiger partial charge in [0, 0.05) is 0 Å². The number of hydrogen-bond acceptors (Lipinski definition) is 3. The molecule has 0 amide bonds. The molecule has 1 atom stereocenters. The highest BCUT2D eigenvalue weighted by atomic mass is 32.2. The van der Waals surface area contributed by atoms with E-state index in [2.05, 4.69) is 13.8 Å². The van der Waals surface area contributed by atoms with E-state index in [9.17, 15) is 8.42 Å². The summed E-state index contributed by atoms with van der Waals surface area (Å²) in [5, 5.41) is 5.07. The van der Waals surface area contributed by atoms with Crippen molar-refractivity contribution < 1.29 is 13.2 Å². The van der Waals surface area contributed by atoms with E-state index < -0.39 is 10.0 Å². The van der Waals surface area contributed by atoms with Crippen LogP contribution in [-0.4, -0.2) is 26.9 Å². The fourth-order valence-corrected chi connectivity index (χ4v) is 3.41. The van der Waals surface area contributed by atoms with Crippen LogP contribution in [-0.2, 0) is 14.8 Å². The number of ether oxygens (including phenoxy) is 1. The number of nitrogens with two attached hydrogens (primary N) is 1. The van der Waals surface area contributed by atoms with Crippen LogP contribution in [0.5, 0.6) is 0 Å². The van der Waals surface area contributed by atoms with Gasteiger partial charge in [0.1, 0.15) is 0 Å². The lowest BCUT2D eigenvalue weighted by Crippen LogP contribution is -2.30. The minimum absolute atomic E-state index is 0.0231. The Morgan fingerprint density at radius 3 is 2.33 bits per heavy atom. The van der Waals surface area contributed by atoms with Crippen LogP contribution in [0.15, 0.2) is 0 Å². The van der Waals surface area contributed by atoms with Crippen LogP contribution in [0.2, 0.25) is 0 Å². The number of sulfonamides is 1. The van der Waals surface area contributed by atoms with Crippen molar-refractivity contribution in [3.63, 3.8) is 0 Å². The highest BCUT2D eigenvalue weighted by molar-refractivity contribution is 7.89. The second-order valence-electron chi connectivity index (χ2n) is 6.30. The molecule has 1 fully saturated rings. The standard InChI is InChI=1S/C13H27NO3S/c1-4-11(10-18(14,15)16)9-17-12-5-7-13(2,3)8-6-12/h11-12H,4-10H2,1-3H3,(H2,14,15,16). The van der Waals surface area contributed by atoms with Gasteiger partial charge >= 0.3 is 0 Å². The molecule has 1 unspecified atom stereocenters. The molecular formula is C13H27NO3S. The van der Waals surface area contributed by atoms with Gasteiger partial charge in [-0.3, -0.25) is 0 Å². The summed E-state index contributed by atoms with van der Waals surface area (Å²) < 4.78 is 28.0. The van der Waals surface area contributed by atoms with Gasteiger partial charge in [-0.2, -0.15) is 0 Å². The van der Waals surface area contributed by atoms with Crippen LogP contribution in [0.3, 0.4) is 0 Å². The van der Waals surface area contributed by atoms with Gasteiger partial charge in [-0.25, -0.2) is 13.6 Å². The molecule has 5 heteroatoms. The molecule has 0 aliphatic heterocycles. The Morgan fingerprint density at radius 2 is 1.89 bits per heavy atom. The molecule has 0 aromatic rings. The van der Waals surface area contributed by atoms with Crippen LogP contribution >= 0.6 is 0 Å². The maximum absolute atomic E-state index is 11.1. The van der Waals surface area contributed by atoms with Crippen molar-refractivity contribution in [1.82, 2.24) is 0 Å². The Balaban J connectivity index is 2.31. The molecule has 0 saturated heterocycles. The first-order valence-corrected chi connectivity index (χ1v) is 8.55. The van der Waals surface area contributed by atoms with Gasteiger partial charge in [0.05, 0.1) is 18.5 Å². The number of primary sulfonamides is 1. The summed E-state index contributed by atoms with van der Waals surface area (Å²) in [5.74, 6) is 0.0526. The van der Waals surface area contributed by atoms with Gasteiger partial charge in [0.25, 0.3) is 0 Å². The first kappa shape index (κ1) is 15.9. The highest BCUT2D eigenvalue weighted by Gasteiger charge is 2.27. The van der Waals surface area contributed by atoms with E-state index in [0.717, 1.165) is 19.3 Å². The van der Waals surface area contributed by atoms with E-state index in [0.29, 0.717) is 18.1 Å². The second kappa shape index (κ2) is 6.35. The predicted octanol–water partition coefficient (Wildman–Crippen LogP) is 2.29. The van der Waals surface area contributed by atoms with Crippen LogP contribution in [0.1, 0.15) is 52.9 Å². The third-order valence-corrected chi connectivity index (χ3v) is 4.84. The largest absolute Gasteiger partial charge is 0.378 e. The Bertz CT molecular complexity index is 341. The molecule has 0 bridgehead atoms. The zero-order valence-corrected chi connectivity index (χ0v) is 12.6. The molecule has 1 aliphatic carbocycles. The average Bonchev–Trinajstić information content (AvgIpc) is 2.24. The normalized spacial score (nSPS) is 22.9. The van der Waals surface area contributed by atoms with Crippen molar-refractivity contribution in [3.8, 4) is 0 Å². The van der Waals surface area contributed by atoms with Crippen molar-refractivity contribution in [2.45, 2.75) is 59.0 Å². The molecule has 4 nitrogen and oxygen atoms in total. The number of hydrogen-bond donors (Lipinski definition) is 1. The van der Waals surface area contributed by atoms with E-state index in [1.165, 1.54) is 12.8 Å². The van der Waals surface area contributed by atoms with Gasteiger partial charge < -0.3 is 4.74 Å². The SMILES string of the molecule is CCC(COC1CCC(C)(C)CC1)CS(N)(=O)=O. The minimum atomic E-state index is -3.39. The molecule has 1 saturated carbocycles. The minimum Gasteiger partial charge on any atom is -0.378 e. The molecule has 0 heterocycles. The first-order chi connectivity index (χ1) is 8.22. The monoisotopic (exact) mass is 277 g/mol. The quantitative estimate of drug-likeness (QED) is 0.810. The third-order valence-electron chi connectivity index (χ3n) is 3.90. The van der Waals surface area contributed by atoms with E-state index in [-0.39, 0.29) is 11.7 Å². The topological polar surface area (TPSA) is 69.4 Å². The van der Waals surface area contributed by atoms with E-state index in [4.69, 9.17) is 9.88 Å². The molecule has 1 aliphatic rings. The van der Waals surface area contributed by atoms with Gasteiger partial charge in [-0.1, -0.05) is 27.2 Å². The molecule has 0 radical (unpaired) electrons. The van der Waals surface area contributed by atoms with Crippen LogP contribution < -0.4 is 5.14 Å².